The highest BCUT2D eigenvalue weighted by atomic mass is 16.5. The monoisotopic (exact) mass is 374 g/mol. The minimum absolute atomic E-state index is 0.259. The first-order valence-corrected chi connectivity index (χ1v) is 9.60. The summed E-state index contributed by atoms with van der Waals surface area (Å²) in [5.41, 5.74) is 1.09. The SMILES string of the molecule is COc1ccc(CNCc2ccc(C)o2)cc1OCC(O)CN1CCCC1. The number of likely N-dealkylation sites (tertiary alicyclic amines) is 1. The number of aliphatic hydroxyl groups excluding tert-OH is 1. The topological polar surface area (TPSA) is 67.1 Å². The van der Waals surface area contributed by atoms with Crippen molar-refractivity contribution in [3.8, 4) is 11.5 Å². The largest absolute Gasteiger partial charge is 0.493 e. The van der Waals surface area contributed by atoms with Gasteiger partial charge in [0.1, 0.15) is 24.2 Å². The Kier molecular flexibility index (Phi) is 7.15. The van der Waals surface area contributed by atoms with E-state index in [4.69, 9.17) is 13.9 Å². The summed E-state index contributed by atoms with van der Waals surface area (Å²) >= 11 is 0. The first-order valence-electron chi connectivity index (χ1n) is 9.60. The van der Waals surface area contributed by atoms with Gasteiger partial charge in [-0.15, -0.1) is 0 Å². The van der Waals surface area contributed by atoms with Crippen LogP contribution in [0.25, 0.3) is 0 Å². The number of aryl methyl sites for hydroxylation is 1. The number of ether oxygens (including phenoxy) is 2. The predicted molar refractivity (Wildman–Crippen MR) is 104 cm³/mol. The smallest absolute Gasteiger partial charge is 0.161 e. The van der Waals surface area contributed by atoms with Crippen LogP contribution in [0.3, 0.4) is 0 Å². The Bertz CT molecular complexity index is 710. The normalized spacial score (nSPS) is 15.8. The number of hydrogen-bond donors (Lipinski definition) is 2. The molecule has 2 aromatic rings. The second-order valence-electron chi connectivity index (χ2n) is 7.07. The minimum Gasteiger partial charge on any atom is -0.493 e. The summed E-state index contributed by atoms with van der Waals surface area (Å²) < 4.78 is 16.8. The number of nitrogens with one attached hydrogen (secondary N) is 1. The van der Waals surface area contributed by atoms with Crippen molar-refractivity contribution in [2.45, 2.75) is 39.0 Å². The first kappa shape index (κ1) is 19.7. The molecule has 148 valence electrons. The van der Waals surface area contributed by atoms with Crippen molar-refractivity contribution < 1.29 is 19.0 Å². The van der Waals surface area contributed by atoms with Crippen LogP contribution in [0.5, 0.6) is 11.5 Å². The molecule has 1 fully saturated rings. The number of benzene rings is 1. The molecule has 2 heterocycles. The van der Waals surface area contributed by atoms with E-state index in [0.717, 1.165) is 30.2 Å². The van der Waals surface area contributed by atoms with Gasteiger partial charge in [0.05, 0.1) is 13.7 Å². The number of hydrogen-bond acceptors (Lipinski definition) is 6. The molecule has 0 amide bonds. The average molecular weight is 374 g/mol. The molecular formula is C21H30N2O4. The van der Waals surface area contributed by atoms with Crippen LogP contribution in [-0.2, 0) is 13.1 Å². The Morgan fingerprint density at radius 3 is 2.67 bits per heavy atom. The summed E-state index contributed by atoms with van der Waals surface area (Å²) in [5, 5.41) is 13.6. The van der Waals surface area contributed by atoms with Crippen molar-refractivity contribution in [1.29, 1.82) is 0 Å². The lowest BCUT2D eigenvalue weighted by Crippen LogP contribution is -2.33. The zero-order chi connectivity index (χ0) is 19.1. The molecule has 6 heteroatoms. The molecule has 1 aliphatic rings. The lowest BCUT2D eigenvalue weighted by Gasteiger charge is -2.20. The van der Waals surface area contributed by atoms with Gasteiger partial charge >= 0.3 is 0 Å². The van der Waals surface area contributed by atoms with Crippen LogP contribution in [0, 0.1) is 6.92 Å². The van der Waals surface area contributed by atoms with Gasteiger partial charge in [-0.05, 0) is 62.7 Å². The average Bonchev–Trinajstić information content (AvgIpc) is 3.32. The van der Waals surface area contributed by atoms with E-state index in [1.54, 1.807) is 7.11 Å². The van der Waals surface area contributed by atoms with Crippen LogP contribution in [0.2, 0.25) is 0 Å². The molecular weight excluding hydrogens is 344 g/mol. The number of furan rings is 1. The minimum atomic E-state index is -0.503. The summed E-state index contributed by atoms with van der Waals surface area (Å²) in [6.45, 7) is 6.35. The highest BCUT2D eigenvalue weighted by Crippen LogP contribution is 2.28. The lowest BCUT2D eigenvalue weighted by atomic mass is 10.2. The van der Waals surface area contributed by atoms with Gasteiger partial charge in [-0.3, -0.25) is 0 Å². The summed E-state index contributed by atoms with van der Waals surface area (Å²) in [4.78, 5) is 2.28. The second kappa shape index (κ2) is 9.78. The van der Waals surface area contributed by atoms with Crippen molar-refractivity contribution in [3.63, 3.8) is 0 Å². The van der Waals surface area contributed by atoms with Gasteiger partial charge in [0.15, 0.2) is 11.5 Å². The van der Waals surface area contributed by atoms with E-state index in [1.807, 2.05) is 37.3 Å². The quantitative estimate of drug-likeness (QED) is 0.667. The van der Waals surface area contributed by atoms with Crippen molar-refractivity contribution in [2.75, 3.05) is 33.4 Å². The van der Waals surface area contributed by atoms with Crippen LogP contribution < -0.4 is 14.8 Å². The first-order chi connectivity index (χ1) is 13.1. The third-order valence-corrected chi connectivity index (χ3v) is 4.75. The third-order valence-electron chi connectivity index (χ3n) is 4.75. The lowest BCUT2D eigenvalue weighted by molar-refractivity contribution is 0.0746. The van der Waals surface area contributed by atoms with Crippen molar-refractivity contribution in [2.24, 2.45) is 0 Å². The Hall–Kier alpha value is -2.02. The molecule has 3 rings (SSSR count). The van der Waals surface area contributed by atoms with Gasteiger partial charge in [-0.2, -0.15) is 0 Å². The fraction of sp³-hybridized carbons (Fsp3) is 0.524. The van der Waals surface area contributed by atoms with Gasteiger partial charge < -0.3 is 29.2 Å². The summed E-state index contributed by atoms with van der Waals surface area (Å²) in [7, 11) is 1.63. The van der Waals surface area contributed by atoms with E-state index in [0.29, 0.717) is 31.1 Å². The summed E-state index contributed by atoms with van der Waals surface area (Å²) in [6, 6.07) is 9.81. The molecule has 1 aromatic carbocycles. The van der Waals surface area contributed by atoms with E-state index < -0.39 is 6.10 Å². The molecule has 1 unspecified atom stereocenters. The molecule has 1 aromatic heterocycles. The molecule has 1 atom stereocenters. The number of aliphatic hydroxyl groups is 1. The Morgan fingerprint density at radius 1 is 1.15 bits per heavy atom. The maximum atomic E-state index is 10.2. The van der Waals surface area contributed by atoms with Crippen molar-refractivity contribution in [3.05, 3.63) is 47.4 Å². The molecule has 6 nitrogen and oxygen atoms in total. The fourth-order valence-corrected chi connectivity index (χ4v) is 3.36. The molecule has 1 saturated heterocycles. The van der Waals surface area contributed by atoms with E-state index >= 15 is 0 Å². The Labute approximate surface area is 161 Å². The van der Waals surface area contributed by atoms with Crippen LogP contribution in [0.1, 0.15) is 29.9 Å². The zero-order valence-electron chi connectivity index (χ0n) is 16.2. The van der Waals surface area contributed by atoms with Crippen LogP contribution in [0.4, 0.5) is 0 Å². The molecule has 2 N–H and O–H groups in total. The molecule has 0 bridgehead atoms. The molecule has 0 saturated carbocycles. The molecule has 1 aliphatic heterocycles. The van der Waals surface area contributed by atoms with Gasteiger partial charge in [-0.1, -0.05) is 6.07 Å². The zero-order valence-corrected chi connectivity index (χ0v) is 16.2. The molecule has 0 spiro atoms. The standard InChI is InChI=1S/C21H30N2O4/c1-16-5-7-19(27-16)13-22-12-17-6-8-20(25-2)21(11-17)26-15-18(24)14-23-9-3-4-10-23/h5-8,11,18,22,24H,3-4,9-10,12-15H2,1-2H3. The molecule has 0 aliphatic carbocycles. The van der Waals surface area contributed by atoms with Gasteiger partial charge in [0, 0.05) is 13.1 Å². The predicted octanol–water partition coefficient (Wildman–Crippen LogP) is 2.72. The van der Waals surface area contributed by atoms with Crippen LogP contribution in [-0.4, -0.2) is 49.5 Å². The van der Waals surface area contributed by atoms with E-state index in [1.165, 1.54) is 12.8 Å². The van der Waals surface area contributed by atoms with Gasteiger partial charge in [0.2, 0.25) is 0 Å². The van der Waals surface area contributed by atoms with Gasteiger partial charge in [0.25, 0.3) is 0 Å². The maximum absolute atomic E-state index is 10.2. The summed E-state index contributed by atoms with van der Waals surface area (Å²) in [6.07, 6.45) is 1.93. The highest BCUT2D eigenvalue weighted by Gasteiger charge is 2.17. The summed E-state index contributed by atoms with van der Waals surface area (Å²) in [5.74, 6) is 3.17. The van der Waals surface area contributed by atoms with Crippen molar-refractivity contribution >= 4 is 0 Å². The molecule has 27 heavy (non-hydrogen) atoms. The van der Waals surface area contributed by atoms with Gasteiger partial charge in [-0.25, -0.2) is 0 Å². The van der Waals surface area contributed by atoms with Crippen LogP contribution in [0.15, 0.2) is 34.7 Å². The number of methoxy groups -OCH3 is 1. The Morgan fingerprint density at radius 2 is 1.96 bits per heavy atom. The fourth-order valence-electron chi connectivity index (χ4n) is 3.36. The Balaban J connectivity index is 1.51. The highest BCUT2D eigenvalue weighted by molar-refractivity contribution is 5.43. The number of nitrogens with zero attached hydrogens (tertiary/aromatic N) is 1. The van der Waals surface area contributed by atoms with Crippen molar-refractivity contribution in [1.82, 2.24) is 10.2 Å². The van der Waals surface area contributed by atoms with E-state index in [-0.39, 0.29) is 6.61 Å². The third kappa shape index (κ3) is 5.99. The number of β-amino-alcohol motifs (C(OH)–C–C–N with tert-alkyl or cyclic N) is 1. The molecule has 0 radical (unpaired) electrons. The van der Waals surface area contributed by atoms with Crippen LogP contribution >= 0.6 is 0 Å². The number of rotatable bonds is 10. The van der Waals surface area contributed by atoms with E-state index in [9.17, 15) is 5.11 Å². The van der Waals surface area contributed by atoms with E-state index in [2.05, 4.69) is 10.2 Å². The maximum Gasteiger partial charge on any atom is 0.161 e. The second-order valence-corrected chi connectivity index (χ2v) is 7.07.